The van der Waals surface area contributed by atoms with E-state index in [1.165, 1.54) is 12.1 Å². The van der Waals surface area contributed by atoms with Crippen molar-refractivity contribution in [3.05, 3.63) is 27.2 Å². The van der Waals surface area contributed by atoms with Crippen LogP contribution in [0.3, 0.4) is 0 Å². The number of carbonyl (C=O) groups excluding carboxylic acids is 2. The molecular formula is C22H25Cl3N3O4S-. The van der Waals surface area contributed by atoms with Gasteiger partial charge in [0, 0.05) is 22.7 Å². The number of benzene rings is 1. The fourth-order valence-corrected chi connectivity index (χ4v) is 8.54. The van der Waals surface area contributed by atoms with Gasteiger partial charge >= 0.3 is 0 Å². The third-order valence-corrected chi connectivity index (χ3v) is 10.3. The molecule has 0 heterocycles. The van der Waals surface area contributed by atoms with Gasteiger partial charge in [0.15, 0.2) is 0 Å². The average Bonchev–Trinajstić information content (AvgIpc) is 2.69. The Bertz CT molecular complexity index is 1030. The van der Waals surface area contributed by atoms with E-state index in [9.17, 15) is 18.4 Å². The lowest BCUT2D eigenvalue weighted by atomic mass is 9.47. The number of carbonyl (C=O) groups is 2. The molecule has 5 saturated carbocycles. The first-order valence-corrected chi connectivity index (χ1v) is 13.4. The van der Waals surface area contributed by atoms with Crippen LogP contribution in [0, 0.1) is 23.2 Å². The van der Waals surface area contributed by atoms with Gasteiger partial charge in [0.05, 0.1) is 20.8 Å². The van der Waals surface area contributed by atoms with Crippen molar-refractivity contribution in [3.63, 3.8) is 0 Å². The van der Waals surface area contributed by atoms with E-state index >= 15 is 0 Å². The summed E-state index contributed by atoms with van der Waals surface area (Å²) >= 11 is 15.7. The molecular weight excluding hydrogens is 509 g/mol. The standard InChI is InChI=1S/C22H26Cl3N3O4S/c23-14-6-16(25)17(7-15(14)24)28(33(31)32)22(2-1-3-22)20(30)27-18-12-4-11-5-13(18)10-21(8-11,9-12)19(26)29/h6-7,11-13,18H,1-5,8-10H2,(H2,26,29)(H,27,30)(H,31,32)/p-1. The summed E-state index contributed by atoms with van der Waals surface area (Å²) in [6, 6.07) is 2.67. The highest BCUT2D eigenvalue weighted by Gasteiger charge is 2.59. The second kappa shape index (κ2) is 8.26. The Morgan fingerprint density at radius 1 is 1.06 bits per heavy atom. The van der Waals surface area contributed by atoms with Crippen molar-refractivity contribution >= 4 is 63.6 Å². The van der Waals surface area contributed by atoms with Gasteiger partial charge < -0.3 is 15.6 Å². The number of halogens is 3. The summed E-state index contributed by atoms with van der Waals surface area (Å²) in [5, 5.41) is 3.66. The van der Waals surface area contributed by atoms with Crippen LogP contribution in [0.4, 0.5) is 5.69 Å². The van der Waals surface area contributed by atoms with Crippen molar-refractivity contribution in [3.8, 4) is 0 Å². The summed E-state index contributed by atoms with van der Waals surface area (Å²) in [7, 11) is 0. The van der Waals surface area contributed by atoms with Crippen LogP contribution in [-0.4, -0.2) is 32.2 Å². The van der Waals surface area contributed by atoms with Crippen LogP contribution in [-0.2, 0) is 20.9 Å². The fraction of sp³-hybridized carbons (Fsp3) is 0.636. The molecule has 5 aliphatic carbocycles. The molecule has 0 spiro atoms. The Balaban J connectivity index is 1.43. The van der Waals surface area contributed by atoms with Crippen molar-refractivity contribution < 1.29 is 18.4 Å². The SMILES string of the molecule is NC(=O)C12CC3CC(C1)C(NC(=O)C1(N(c4cc(Cl)c(Cl)cc4Cl)S(=O)[O-])CCC1)C(C3)C2. The minimum absolute atomic E-state index is 0.0924. The third kappa shape index (κ3) is 3.68. The third-order valence-electron chi connectivity index (χ3n) is 8.44. The molecule has 3 unspecified atom stereocenters. The lowest BCUT2D eigenvalue weighted by Gasteiger charge is -2.59. The van der Waals surface area contributed by atoms with E-state index < -0.39 is 22.2 Å². The van der Waals surface area contributed by atoms with E-state index in [0.717, 1.165) is 23.6 Å². The van der Waals surface area contributed by atoms with Gasteiger partial charge in [0.2, 0.25) is 11.8 Å². The Labute approximate surface area is 210 Å². The first-order chi connectivity index (χ1) is 15.6. The Kier molecular flexibility index (Phi) is 5.93. The monoisotopic (exact) mass is 532 g/mol. The number of primary amides is 1. The summed E-state index contributed by atoms with van der Waals surface area (Å²) in [6.45, 7) is 0. The molecule has 5 fully saturated rings. The lowest BCUT2D eigenvalue weighted by Crippen LogP contribution is -2.68. The molecule has 33 heavy (non-hydrogen) atoms. The van der Waals surface area contributed by atoms with Crippen LogP contribution in [0.25, 0.3) is 0 Å². The Morgan fingerprint density at radius 2 is 1.67 bits per heavy atom. The van der Waals surface area contributed by atoms with Crippen molar-refractivity contribution in [2.75, 3.05) is 4.31 Å². The van der Waals surface area contributed by atoms with Crippen LogP contribution in [0.15, 0.2) is 12.1 Å². The second-order valence-corrected chi connectivity index (χ2v) is 12.2. The number of nitrogens with zero attached hydrogens (tertiary/aromatic N) is 1. The minimum atomic E-state index is -2.77. The van der Waals surface area contributed by atoms with Crippen molar-refractivity contribution in [1.82, 2.24) is 5.32 Å². The normalized spacial score (nSPS) is 34.4. The van der Waals surface area contributed by atoms with E-state index in [2.05, 4.69) is 5.32 Å². The summed E-state index contributed by atoms with van der Waals surface area (Å²) in [5.41, 5.74) is 4.18. The Morgan fingerprint density at radius 3 is 2.18 bits per heavy atom. The average molecular weight is 534 g/mol. The summed E-state index contributed by atoms with van der Waals surface area (Å²) in [4.78, 5) is 25.9. The maximum Gasteiger partial charge on any atom is 0.247 e. The smallest absolute Gasteiger partial charge is 0.247 e. The molecule has 0 aromatic heterocycles. The first-order valence-electron chi connectivity index (χ1n) is 11.2. The molecule has 1 aromatic rings. The van der Waals surface area contributed by atoms with Gasteiger partial charge in [-0.15, -0.1) is 0 Å². The minimum Gasteiger partial charge on any atom is -0.755 e. The van der Waals surface area contributed by atoms with Crippen molar-refractivity contribution in [1.29, 1.82) is 0 Å². The lowest BCUT2D eigenvalue weighted by molar-refractivity contribution is -0.148. The van der Waals surface area contributed by atoms with Crippen molar-refractivity contribution in [2.45, 2.75) is 62.9 Å². The molecule has 0 saturated heterocycles. The number of nitrogens with two attached hydrogens (primary N) is 1. The van der Waals surface area contributed by atoms with E-state index in [1.807, 2.05) is 0 Å². The molecule has 7 nitrogen and oxygen atoms in total. The molecule has 6 rings (SSSR count). The maximum absolute atomic E-state index is 13.7. The van der Waals surface area contributed by atoms with Crippen LogP contribution < -0.4 is 15.4 Å². The number of rotatable bonds is 6. The van der Waals surface area contributed by atoms with Gasteiger partial charge in [0.1, 0.15) is 5.54 Å². The predicted molar refractivity (Wildman–Crippen MR) is 127 cm³/mol. The number of hydrogen-bond donors (Lipinski definition) is 2. The highest BCUT2D eigenvalue weighted by Crippen LogP contribution is 2.60. The molecule has 3 N–H and O–H groups in total. The van der Waals surface area contributed by atoms with Gasteiger partial charge in [-0.05, 0) is 81.3 Å². The van der Waals surface area contributed by atoms with Crippen molar-refractivity contribution in [2.24, 2.45) is 28.9 Å². The highest BCUT2D eigenvalue weighted by molar-refractivity contribution is 7.80. The van der Waals surface area contributed by atoms with Crippen LogP contribution in [0.2, 0.25) is 15.1 Å². The summed E-state index contributed by atoms with van der Waals surface area (Å²) < 4.78 is 25.9. The van der Waals surface area contributed by atoms with E-state index in [-0.39, 0.29) is 50.4 Å². The summed E-state index contributed by atoms with van der Waals surface area (Å²) in [5.74, 6) is 0.241. The van der Waals surface area contributed by atoms with Gasteiger partial charge in [-0.25, -0.2) is 0 Å². The molecule has 5 aliphatic rings. The molecule has 0 radical (unpaired) electrons. The van der Waals surface area contributed by atoms with Gasteiger partial charge in [-0.1, -0.05) is 34.8 Å². The second-order valence-electron chi connectivity index (χ2n) is 10.2. The zero-order valence-electron chi connectivity index (χ0n) is 17.8. The predicted octanol–water partition coefficient (Wildman–Crippen LogP) is 3.97. The highest BCUT2D eigenvalue weighted by atomic mass is 35.5. The molecule has 11 heteroatoms. The topological polar surface area (TPSA) is 116 Å². The molecule has 2 amide bonds. The molecule has 4 bridgehead atoms. The fourth-order valence-electron chi connectivity index (χ4n) is 7.00. The van der Waals surface area contributed by atoms with Crippen LogP contribution in [0.1, 0.15) is 51.4 Å². The van der Waals surface area contributed by atoms with Gasteiger partial charge in [-0.2, -0.15) is 0 Å². The number of hydrogen-bond acceptors (Lipinski definition) is 4. The maximum atomic E-state index is 13.7. The number of amides is 2. The van der Waals surface area contributed by atoms with Crippen LogP contribution in [0.5, 0.6) is 0 Å². The van der Waals surface area contributed by atoms with Crippen LogP contribution >= 0.6 is 34.8 Å². The van der Waals surface area contributed by atoms with Gasteiger partial charge in [-0.3, -0.25) is 18.1 Å². The first kappa shape index (κ1) is 23.7. The van der Waals surface area contributed by atoms with Gasteiger partial charge in [0.25, 0.3) is 0 Å². The molecule has 3 atom stereocenters. The molecule has 180 valence electrons. The quantitative estimate of drug-likeness (QED) is 0.425. The molecule has 1 aromatic carbocycles. The van der Waals surface area contributed by atoms with E-state index in [0.29, 0.717) is 38.0 Å². The van der Waals surface area contributed by atoms with E-state index in [1.54, 1.807) is 0 Å². The van der Waals surface area contributed by atoms with E-state index in [4.69, 9.17) is 40.5 Å². The number of nitrogens with one attached hydrogen (secondary N) is 1. The zero-order chi connectivity index (χ0) is 23.7. The zero-order valence-corrected chi connectivity index (χ0v) is 20.9. The Hall–Kier alpha value is -1.06. The molecule has 0 aliphatic heterocycles. The summed E-state index contributed by atoms with van der Waals surface area (Å²) in [6.07, 6.45) is 5.59. The largest absolute Gasteiger partial charge is 0.755 e. The number of anilines is 1.